The molecular weight excluding hydrogens is 201 g/mol. The van der Waals surface area contributed by atoms with Crippen LogP contribution in [0.1, 0.15) is 11.1 Å². The first-order valence-electron chi connectivity index (χ1n) is 4.42. The molecule has 1 aromatic carbocycles. The number of nitrogens with one attached hydrogen (secondary N) is 1. The van der Waals surface area contributed by atoms with Crippen molar-refractivity contribution in [1.82, 2.24) is 5.32 Å². The summed E-state index contributed by atoms with van der Waals surface area (Å²) in [5.74, 6) is -0.224. The molecule has 0 aliphatic carbocycles. The average Bonchev–Trinajstić information content (AvgIpc) is 2.14. The molecule has 14 heavy (non-hydrogen) atoms. The molecule has 0 unspecified atom stereocenters. The molecule has 0 bridgehead atoms. The molecule has 0 heterocycles. The summed E-state index contributed by atoms with van der Waals surface area (Å²) in [4.78, 5) is 0. The zero-order valence-electron chi connectivity index (χ0n) is 8.27. The Hall–Kier alpha value is -0.860. The van der Waals surface area contributed by atoms with Crippen molar-refractivity contribution in [2.75, 3.05) is 13.6 Å². The van der Waals surface area contributed by atoms with Gasteiger partial charge in [-0.15, -0.1) is 0 Å². The van der Waals surface area contributed by atoms with Gasteiger partial charge in [0.25, 0.3) is 0 Å². The molecule has 0 saturated carbocycles. The van der Waals surface area contributed by atoms with Crippen LogP contribution in [0.3, 0.4) is 0 Å². The fraction of sp³-hybridized carbons (Fsp3) is 0.273. The highest BCUT2D eigenvalue weighted by molar-refractivity contribution is 6.32. The standard InChI is InChI=1S/C11H13ClFN/c1-8-6-10(12)9(7-11(8)13)4-3-5-14-2/h3-4,6-7,14H,5H2,1-2H3. The van der Waals surface area contributed by atoms with Crippen molar-refractivity contribution in [1.29, 1.82) is 0 Å². The SMILES string of the molecule is CNCC=Cc1cc(F)c(C)cc1Cl. The topological polar surface area (TPSA) is 12.0 Å². The van der Waals surface area contributed by atoms with E-state index in [4.69, 9.17) is 11.6 Å². The number of halogens is 2. The van der Waals surface area contributed by atoms with E-state index in [-0.39, 0.29) is 5.82 Å². The lowest BCUT2D eigenvalue weighted by Crippen LogP contribution is -2.03. The number of hydrogen-bond donors (Lipinski definition) is 1. The quantitative estimate of drug-likeness (QED) is 0.814. The van der Waals surface area contributed by atoms with Gasteiger partial charge in [-0.25, -0.2) is 4.39 Å². The lowest BCUT2D eigenvalue weighted by molar-refractivity contribution is 0.618. The summed E-state index contributed by atoms with van der Waals surface area (Å²) in [5, 5.41) is 3.54. The minimum Gasteiger partial charge on any atom is -0.316 e. The van der Waals surface area contributed by atoms with Crippen molar-refractivity contribution in [3.05, 3.63) is 40.2 Å². The molecule has 0 fully saturated rings. The monoisotopic (exact) mass is 213 g/mol. The third-order valence-corrected chi connectivity index (χ3v) is 2.22. The van der Waals surface area contributed by atoms with E-state index >= 15 is 0 Å². The molecule has 0 amide bonds. The Labute approximate surface area is 88.6 Å². The normalized spacial score (nSPS) is 11.1. The van der Waals surface area contributed by atoms with Gasteiger partial charge in [0.15, 0.2) is 0 Å². The second kappa shape index (κ2) is 5.13. The van der Waals surface area contributed by atoms with Gasteiger partial charge in [-0.3, -0.25) is 0 Å². The Morgan fingerprint density at radius 2 is 2.21 bits per heavy atom. The van der Waals surface area contributed by atoms with Crippen LogP contribution in [0.4, 0.5) is 4.39 Å². The number of likely N-dealkylation sites (N-methyl/N-ethyl adjacent to an activating group) is 1. The summed E-state index contributed by atoms with van der Waals surface area (Å²) in [6.45, 7) is 2.44. The van der Waals surface area contributed by atoms with E-state index < -0.39 is 0 Å². The van der Waals surface area contributed by atoms with E-state index in [0.29, 0.717) is 16.1 Å². The Kier molecular flexibility index (Phi) is 4.11. The first-order chi connectivity index (χ1) is 6.65. The second-order valence-corrected chi connectivity index (χ2v) is 3.49. The van der Waals surface area contributed by atoms with Gasteiger partial charge in [0, 0.05) is 11.6 Å². The second-order valence-electron chi connectivity index (χ2n) is 3.08. The summed E-state index contributed by atoms with van der Waals surface area (Å²) >= 11 is 5.94. The third kappa shape index (κ3) is 2.82. The zero-order valence-corrected chi connectivity index (χ0v) is 9.03. The maximum Gasteiger partial charge on any atom is 0.126 e. The van der Waals surface area contributed by atoms with Crippen LogP contribution in [0.5, 0.6) is 0 Å². The summed E-state index contributed by atoms with van der Waals surface area (Å²) in [6.07, 6.45) is 3.71. The van der Waals surface area contributed by atoms with E-state index in [1.807, 2.05) is 13.1 Å². The minimum absolute atomic E-state index is 0.224. The van der Waals surface area contributed by atoms with Gasteiger partial charge < -0.3 is 5.32 Å². The Balaban J connectivity index is 2.92. The number of hydrogen-bond acceptors (Lipinski definition) is 1. The molecule has 0 saturated heterocycles. The van der Waals surface area contributed by atoms with Crippen LogP contribution in [0.15, 0.2) is 18.2 Å². The molecule has 0 radical (unpaired) electrons. The maximum absolute atomic E-state index is 13.2. The molecule has 0 atom stereocenters. The Bertz CT molecular complexity index is 347. The van der Waals surface area contributed by atoms with E-state index in [0.717, 1.165) is 6.54 Å². The van der Waals surface area contributed by atoms with Crippen LogP contribution >= 0.6 is 11.6 Å². The van der Waals surface area contributed by atoms with E-state index in [9.17, 15) is 4.39 Å². The molecular formula is C11H13ClFN. The highest BCUT2D eigenvalue weighted by atomic mass is 35.5. The molecule has 76 valence electrons. The molecule has 0 spiro atoms. The van der Waals surface area contributed by atoms with E-state index in [1.54, 1.807) is 19.1 Å². The molecule has 1 rings (SSSR count). The van der Waals surface area contributed by atoms with Crippen LogP contribution in [-0.2, 0) is 0 Å². The fourth-order valence-corrected chi connectivity index (χ4v) is 1.37. The van der Waals surface area contributed by atoms with Crippen molar-refractivity contribution < 1.29 is 4.39 Å². The highest BCUT2D eigenvalue weighted by Crippen LogP contribution is 2.21. The van der Waals surface area contributed by atoms with Gasteiger partial charge in [-0.2, -0.15) is 0 Å². The minimum atomic E-state index is -0.224. The molecule has 0 aliphatic rings. The van der Waals surface area contributed by atoms with Crippen molar-refractivity contribution in [3.63, 3.8) is 0 Å². The van der Waals surface area contributed by atoms with E-state index in [1.165, 1.54) is 6.07 Å². The van der Waals surface area contributed by atoms with Crippen LogP contribution in [0.2, 0.25) is 5.02 Å². The van der Waals surface area contributed by atoms with Gasteiger partial charge in [0.1, 0.15) is 5.82 Å². The number of aryl methyl sites for hydroxylation is 1. The first kappa shape index (κ1) is 11.2. The molecule has 1 nitrogen and oxygen atoms in total. The Morgan fingerprint density at radius 3 is 2.86 bits per heavy atom. The van der Waals surface area contributed by atoms with Crippen LogP contribution in [0, 0.1) is 12.7 Å². The van der Waals surface area contributed by atoms with Crippen molar-refractivity contribution >= 4 is 17.7 Å². The summed E-state index contributed by atoms with van der Waals surface area (Å²) in [6, 6.07) is 3.08. The molecule has 0 aliphatic heterocycles. The fourth-order valence-electron chi connectivity index (χ4n) is 1.09. The summed E-state index contributed by atoms with van der Waals surface area (Å²) in [7, 11) is 1.85. The van der Waals surface area contributed by atoms with Gasteiger partial charge in [0.05, 0.1) is 0 Å². The predicted octanol–water partition coefficient (Wildman–Crippen LogP) is 3.02. The zero-order chi connectivity index (χ0) is 10.6. The molecule has 1 N–H and O–H groups in total. The van der Waals surface area contributed by atoms with Crippen LogP contribution < -0.4 is 5.32 Å². The van der Waals surface area contributed by atoms with Crippen molar-refractivity contribution in [2.45, 2.75) is 6.92 Å². The Morgan fingerprint density at radius 1 is 1.50 bits per heavy atom. The van der Waals surface area contributed by atoms with Crippen molar-refractivity contribution in [2.24, 2.45) is 0 Å². The highest BCUT2D eigenvalue weighted by Gasteiger charge is 2.02. The molecule has 0 aromatic heterocycles. The van der Waals surface area contributed by atoms with Gasteiger partial charge in [-0.1, -0.05) is 23.8 Å². The van der Waals surface area contributed by atoms with Crippen LogP contribution in [0.25, 0.3) is 6.08 Å². The van der Waals surface area contributed by atoms with E-state index in [2.05, 4.69) is 5.32 Å². The average molecular weight is 214 g/mol. The molecule has 3 heteroatoms. The van der Waals surface area contributed by atoms with Crippen molar-refractivity contribution in [3.8, 4) is 0 Å². The van der Waals surface area contributed by atoms with Gasteiger partial charge in [0.2, 0.25) is 0 Å². The van der Waals surface area contributed by atoms with Gasteiger partial charge in [-0.05, 0) is 37.2 Å². The number of benzene rings is 1. The first-order valence-corrected chi connectivity index (χ1v) is 4.79. The number of rotatable bonds is 3. The maximum atomic E-state index is 13.2. The molecule has 1 aromatic rings. The van der Waals surface area contributed by atoms with Gasteiger partial charge >= 0.3 is 0 Å². The lowest BCUT2D eigenvalue weighted by atomic mass is 10.1. The summed E-state index contributed by atoms with van der Waals surface area (Å²) < 4.78 is 13.2. The summed E-state index contributed by atoms with van der Waals surface area (Å²) in [5.41, 5.74) is 1.28. The third-order valence-electron chi connectivity index (χ3n) is 1.90. The smallest absolute Gasteiger partial charge is 0.126 e. The predicted molar refractivity (Wildman–Crippen MR) is 59.1 cm³/mol. The lowest BCUT2D eigenvalue weighted by Gasteiger charge is -2.01. The largest absolute Gasteiger partial charge is 0.316 e. The van der Waals surface area contributed by atoms with Crippen LogP contribution in [-0.4, -0.2) is 13.6 Å².